The maximum atomic E-state index is 6.11. The van der Waals surface area contributed by atoms with Gasteiger partial charge in [-0.1, -0.05) is 13.3 Å². The Morgan fingerprint density at radius 1 is 1.50 bits per heavy atom. The molecule has 1 rings (SSSR count). The van der Waals surface area contributed by atoms with Gasteiger partial charge in [0, 0.05) is 26.0 Å². The maximum absolute atomic E-state index is 6.11. The van der Waals surface area contributed by atoms with E-state index in [1.807, 2.05) is 0 Å². The molecule has 0 aromatic carbocycles. The Balaban J connectivity index is 2.19. The third-order valence-electron chi connectivity index (χ3n) is 1.97. The summed E-state index contributed by atoms with van der Waals surface area (Å²) in [4.78, 5) is 4.39. The summed E-state index contributed by atoms with van der Waals surface area (Å²) in [6.07, 6.45) is 6.46. The van der Waals surface area contributed by atoms with Gasteiger partial charge in [0.1, 0.15) is 0 Å². The first-order valence-corrected chi connectivity index (χ1v) is 4.92. The third-order valence-corrected chi connectivity index (χ3v) is 2.33. The van der Waals surface area contributed by atoms with Gasteiger partial charge < -0.3 is 9.80 Å². The van der Waals surface area contributed by atoms with Crippen LogP contribution in [0.15, 0.2) is 12.4 Å². The molecule has 2 nitrogen and oxygen atoms in total. The largest absolute Gasteiger partial charge is 0.362 e. The van der Waals surface area contributed by atoms with E-state index >= 15 is 0 Å². The maximum Gasteiger partial charge on any atom is 0.0891 e. The molecule has 1 atom stereocenters. The monoisotopic (exact) mass is 188 g/mol. The molecule has 0 bridgehead atoms. The Labute approximate surface area is 79.8 Å². The minimum atomic E-state index is 0.297. The number of nitrogens with zero attached hydrogens (tertiary/aromatic N) is 2. The Morgan fingerprint density at radius 2 is 2.25 bits per heavy atom. The van der Waals surface area contributed by atoms with Crippen molar-refractivity contribution in [2.24, 2.45) is 0 Å². The summed E-state index contributed by atoms with van der Waals surface area (Å²) in [6, 6.07) is 0. The SMILES string of the molecule is CCCC(Cl)CN1C=CN(C)C1. The predicted octanol–water partition coefficient (Wildman–Crippen LogP) is 2.07. The van der Waals surface area contributed by atoms with Crippen LogP contribution >= 0.6 is 11.6 Å². The molecule has 0 aromatic rings. The summed E-state index contributed by atoms with van der Waals surface area (Å²) in [5.41, 5.74) is 0. The average Bonchev–Trinajstić information content (AvgIpc) is 2.36. The fourth-order valence-electron chi connectivity index (χ4n) is 1.37. The Kier molecular flexibility index (Phi) is 3.73. The van der Waals surface area contributed by atoms with E-state index in [2.05, 4.69) is 36.2 Å². The first-order valence-electron chi connectivity index (χ1n) is 4.49. The average molecular weight is 189 g/mol. The highest BCUT2D eigenvalue weighted by Crippen LogP contribution is 2.11. The standard InChI is InChI=1S/C9H17ClN2/c1-3-4-9(10)7-12-6-5-11(2)8-12/h5-6,9H,3-4,7-8H2,1-2H3. The van der Waals surface area contributed by atoms with Crippen LogP contribution in [0.2, 0.25) is 0 Å². The smallest absolute Gasteiger partial charge is 0.0891 e. The van der Waals surface area contributed by atoms with Crippen LogP contribution in [0.4, 0.5) is 0 Å². The normalized spacial score (nSPS) is 18.9. The van der Waals surface area contributed by atoms with Crippen molar-refractivity contribution in [3.63, 3.8) is 0 Å². The van der Waals surface area contributed by atoms with Gasteiger partial charge in [-0.3, -0.25) is 0 Å². The minimum absolute atomic E-state index is 0.297. The zero-order valence-corrected chi connectivity index (χ0v) is 8.59. The molecule has 1 heterocycles. The van der Waals surface area contributed by atoms with E-state index in [9.17, 15) is 0 Å². The molecule has 70 valence electrons. The molecule has 0 radical (unpaired) electrons. The van der Waals surface area contributed by atoms with Crippen LogP contribution in [-0.4, -0.2) is 35.4 Å². The van der Waals surface area contributed by atoms with E-state index in [1.54, 1.807) is 0 Å². The first kappa shape index (κ1) is 9.72. The number of hydrogen-bond acceptors (Lipinski definition) is 2. The van der Waals surface area contributed by atoms with Crippen molar-refractivity contribution in [3.05, 3.63) is 12.4 Å². The summed E-state index contributed by atoms with van der Waals surface area (Å²) >= 11 is 6.11. The van der Waals surface area contributed by atoms with Gasteiger partial charge in [0.15, 0.2) is 0 Å². The van der Waals surface area contributed by atoms with Crippen molar-refractivity contribution >= 4 is 11.6 Å². The van der Waals surface area contributed by atoms with Gasteiger partial charge in [0.2, 0.25) is 0 Å². The number of halogens is 1. The van der Waals surface area contributed by atoms with E-state index in [-0.39, 0.29) is 0 Å². The predicted molar refractivity (Wildman–Crippen MR) is 53.0 cm³/mol. The van der Waals surface area contributed by atoms with Crippen LogP contribution in [-0.2, 0) is 0 Å². The van der Waals surface area contributed by atoms with Gasteiger partial charge in [-0.05, 0) is 6.42 Å². The van der Waals surface area contributed by atoms with E-state index in [4.69, 9.17) is 11.6 Å². The van der Waals surface area contributed by atoms with Crippen molar-refractivity contribution in [1.82, 2.24) is 9.80 Å². The number of hydrogen-bond donors (Lipinski definition) is 0. The molecule has 0 spiro atoms. The van der Waals surface area contributed by atoms with Gasteiger partial charge in [-0.15, -0.1) is 11.6 Å². The fourth-order valence-corrected chi connectivity index (χ4v) is 1.76. The molecule has 0 amide bonds. The van der Waals surface area contributed by atoms with Crippen LogP contribution in [0.1, 0.15) is 19.8 Å². The lowest BCUT2D eigenvalue weighted by atomic mass is 10.2. The molecule has 0 aliphatic carbocycles. The second-order valence-corrected chi connectivity index (χ2v) is 3.97. The van der Waals surface area contributed by atoms with Crippen LogP contribution in [0.3, 0.4) is 0 Å². The van der Waals surface area contributed by atoms with E-state index in [1.165, 1.54) is 6.42 Å². The van der Waals surface area contributed by atoms with Gasteiger partial charge in [0.05, 0.1) is 12.0 Å². The highest BCUT2D eigenvalue weighted by molar-refractivity contribution is 6.20. The minimum Gasteiger partial charge on any atom is -0.362 e. The molecule has 0 saturated carbocycles. The molecular formula is C9H17ClN2. The second kappa shape index (κ2) is 4.61. The van der Waals surface area contributed by atoms with Crippen molar-refractivity contribution in [3.8, 4) is 0 Å². The molecule has 1 aliphatic heterocycles. The topological polar surface area (TPSA) is 6.48 Å². The summed E-state index contributed by atoms with van der Waals surface area (Å²) < 4.78 is 0. The lowest BCUT2D eigenvalue weighted by Crippen LogP contribution is -2.28. The fraction of sp³-hybridized carbons (Fsp3) is 0.778. The zero-order valence-electron chi connectivity index (χ0n) is 7.83. The van der Waals surface area contributed by atoms with E-state index < -0.39 is 0 Å². The molecule has 0 N–H and O–H groups in total. The Bertz CT molecular complexity index is 159. The molecule has 0 aromatic heterocycles. The molecule has 1 unspecified atom stereocenters. The van der Waals surface area contributed by atoms with Crippen molar-refractivity contribution in [2.45, 2.75) is 25.1 Å². The van der Waals surface area contributed by atoms with Gasteiger partial charge in [0.25, 0.3) is 0 Å². The lowest BCUT2D eigenvalue weighted by molar-refractivity contribution is 0.293. The first-order chi connectivity index (χ1) is 5.72. The quantitative estimate of drug-likeness (QED) is 0.624. The molecule has 0 fully saturated rings. The van der Waals surface area contributed by atoms with Crippen molar-refractivity contribution in [2.75, 3.05) is 20.3 Å². The zero-order chi connectivity index (χ0) is 8.97. The number of alkyl halides is 1. The lowest BCUT2D eigenvalue weighted by Gasteiger charge is -2.20. The van der Waals surface area contributed by atoms with Crippen molar-refractivity contribution < 1.29 is 0 Å². The molecule has 3 heteroatoms. The van der Waals surface area contributed by atoms with E-state index in [0.717, 1.165) is 19.6 Å². The van der Waals surface area contributed by atoms with Crippen LogP contribution in [0.5, 0.6) is 0 Å². The number of rotatable bonds is 4. The molecule has 0 saturated heterocycles. The summed E-state index contributed by atoms with van der Waals surface area (Å²) in [5, 5.41) is 0.297. The highest BCUT2D eigenvalue weighted by Gasteiger charge is 2.12. The molecule has 12 heavy (non-hydrogen) atoms. The Hall–Kier alpha value is -0.370. The van der Waals surface area contributed by atoms with Gasteiger partial charge in [-0.25, -0.2) is 0 Å². The Morgan fingerprint density at radius 3 is 2.75 bits per heavy atom. The van der Waals surface area contributed by atoms with Gasteiger partial charge in [-0.2, -0.15) is 0 Å². The summed E-state index contributed by atoms with van der Waals surface area (Å²) in [5.74, 6) is 0. The van der Waals surface area contributed by atoms with Crippen LogP contribution < -0.4 is 0 Å². The third kappa shape index (κ3) is 2.94. The van der Waals surface area contributed by atoms with E-state index in [0.29, 0.717) is 5.38 Å². The highest BCUT2D eigenvalue weighted by atomic mass is 35.5. The second-order valence-electron chi connectivity index (χ2n) is 3.35. The van der Waals surface area contributed by atoms with Crippen molar-refractivity contribution in [1.29, 1.82) is 0 Å². The molecule has 1 aliphatic rings. The van der Waals surface area contributed by atoms with Crippen LogP contribution in [0.25, 0.3) is 0 Å². The molecular weight excluding hydrogens is 172 g/mol. The van der Waals surface area contributed by atoms with Crippen LogP contribution in [0, 0.1) is 0 Å². The summed E-state index contributed by atoms with van der Waals surface area (Å²) in [6.45, 7) is 4.12. The summed E-state index contributed by atoms with van der Waals surface area (Å²) in [7, 11) is 2.07. The van der Waals surface area contributed by atoms with Gasteiger partial charge >= 0.3 is 0 Å².